The second-order valence-electron chi connectivity index (χ2n) is 2.12. The van der Waals surface area contributed by atoms with Gasteiger partial charge >= 0.3 is 10.4 Å². The fourth-order valence-electron chi connectivity index (χ4n) is 0.687. The molecule has 0 amide bonds. The summed E-state index contributed by atoms with van der Waals surface area (Å²) in [5.41, 5.74) is 0. The van der Waals surface area contributed by atoms with Crippen LogP contribution in [0, 0.1) is 0 Å². The molecule has 0 radical (unpaired) electrons. The molecular weight excluding hydrogens is 188 g/mol. The molecule has 0 saturated carbocycles. The number of hydrogen-bond acceptors (Lipinski definition) is 3. The lowest BCUT2D eigenvalue weighted by Gasteiger charge is -2.07. The maximum atomic E-state index is 8.74. The number of hydrogen-bond donors (Lipinski definition) is 2. The van der Waals surface area contributed by atoms with Crippen LogP contribution in [0.5, 0.6) is 0 Å². The highest BCUT2D eigenvalue weighted by atomic mass is 32.3. The molecule has 0 bridgehead atoms. The molecule has 1 aliphatic rings. The van der Waals surface area contributed by atoms with Gasteiger partial charge in [0.25, 0.3) is 0 Å². The van der Waals surface area contributed by atoms with Crippen molar-refractivity contribution in [3.63, 3.8) is 0 Å². The fourth-order valence-corrected chi connectivity index (χ4v) is 1.86. The summed E-state index contributed by atoms with van der Waals surface area (Å²) >= 11 is 0. The Morgan fingerprint density at radius 3 is 1.91 bits per heavy atom. The molecule has 7 heteroatoms. The van der Waals surface area contributed by atoms with Crippen LogP contribution in [-0.4, -0.2) is 33.9 Å². The van der Waals surface area contributed by atoms with Gasteiger partial charge < -0.3 is 4.43 Å². The molecule has 5 nitrogen and oxygen atoms in total. The highest BCUT2D eigenvalue weighted by Gasteiger charge is 1.96. The molecule has 0 atom stereocenters. The van der Waals surface area contributed by atoms with Crippen LogP contribution >= 0.6 is 0 Å². The molecule has 1 saturated heterocycles. The van der Waals surface area contributed by atoms with E-state index in [9.17, 15) is 0 Å². The molecule has 0 aromatic heterocycles. The molecule has 1 fully saturated rings. The predicted octanol–water partition coefficient (Wildman–Crippen LogP) is -0.354. The van der Waals surface area contributed by atoms with Gasteiger partial charge in [0.1, 0.15) is 0 Å². The monoisotopic (exact) mass is 200 g/mol. The fraction of sp³-hybridized carbons (Fsp3) is 1.00. The van der Waals surface area contributed by atoms with Gasteiger partial charge in [0, 0.05) is 6.61 Å². The van der Waals surface area contributed by atoms with Crippen molar-refractivity contribution in [1.82, 2.24) is 0 Å². The Bertz CT molecular complexity index is 153. The lowest BCUT2D eigenvalue weighted by Crippen LogP contribution is -2.06. The summed E-state index contributed by atoms with van der Waals surface area (Å²) in [6.45, 7) is 1.06. The Morgan fingerprint density at radius 1 is 1.27 bits per heavy atom. The van der Waals surface area contributed by atoms with Gasteiger partial charge in [0.05, 0.1) is 0 Å². The predicted molar refractivity (Wildman–Crippen MR) is 42.7 cm³/mol. The summed E-state index contributed by atoms with van der Waals surface area (Å²) in [4.78, 5) is 0. The summed E-state index contributed by atoms with van der Waals surface area (Å²) < 4.78 is 36.8. The highest BCUT2D eigenvalue weighted by molar-refractivity contribution is 7.79. The van der Waals surface area contributed by atoms with Crippen molar-refractivity contribution in [1.29, 1.82) is 0 Å². The Labute approximate surface area is 68.3 Å². The molecule has 0 spiro atoms. The van der Waals surface area contributed by atoms with E-state index < -0.39 is 10.4 Å². The van der Waals surface area contributed by atoms with Crippen LogP contribution in [0.1, 0.15) is 12.8 Å². The van der Waals surface area contributed by atoms with Crippen LogP contribution in [0.3, 0.4) is 0 Å². The molecule has 0 aliphatic carbocycles. The first kappa shape index (κ1) is 11.0. The molecule has 2 N–H and O–H groups in total. The molecule has 0 unspecified atom stereocenters. The Hall–Kier alpha value is 0.0469. The van der Waals surface area contributed by atoms with Crippen molar-refractivity contribution in [2.24, 2.45) is 0 Å². The van der Waals surface area contributed by atoms with Crippen LogP contribution in [0.2, 0.25) is 6.04 Å². The van der Waals surface area contributed by atoms with Gasteiger partial charge in [0.2, 0.25) is 0 Å². The largest absolute Gasteiger partial charge is 0.424 e. The van der Waals surface area contributed by atoms with Gasteiger partial charge in [-0.2, -0.15) is 8.42 Å². The van der Waals surface area contributed by atoms with E-state index in [1.807, 2.05) is 0 Å². The minimum atomic E-state index is -4.67. The first-order valence-corrected chi connectivity index (χ1v) is 6.25. The second-order valence-corrected chi connectivity index (χ2v) is 4.54. The molecular formula is C4H12O5SSi. The van der Waals surface area contributed by atoms with Crippen LogP contribution in [0.15, 0.2) is 0 Å². The van der Waals surface area contributed by atoms with Crippen LogP contribution < -0.4 is 0 Å². The molecule has 1 aliphatic heterocycles. The summed E-state index contributed by atoms with van der Waals surface area (Å²) in [6.07, 6.45) is 2.75. The van der Waals surface area contributed by atoms with Gasteiger partial charge in [0.15, 0.2) is 9.76 Å². The SMILES string of the molecule is C1CC[SiH2]OC1.O=S(=O)(O)O. The third-order valence-electron chi connectivity index (χ3n) is 1.08. The Kier molecular flexibility index (Phi) is 5.69. The van der Waals surface area contributed by atoms with Crippen molar-refractivity contribution in [2.45, 2.75) is 18.9 Å². The normalized spacial score (nSPS) is 20.5. The van der Waals surface area contributed by atoms with E-state index in [4.69, 9.17) is 21.9 Å². The van der Waals surface area contributed by atoms with Crippen molar-refractivity contribution in [3.05, 3.63) is 0 Å². The minimum absolute atomic E-state index is 0.00849. The van der Waals surface area contributed by atoms with Crippen molar-refractivity contribution in [3.8, 4) is 0 Å². The number of rotatable bonds is 0. The summed E-state index contributed by atoms with van der Waals surface area (Å²) in [6, 6.07) is 1.42. The van der Waals surface area contributed by atoms with Crippen LogP contribution in [0.25, 0.3) is 0 Å². The van der Waals surface area contributed by atoms with Crippen LogP contribution in [-0.2, 0) is 14.8 Å². The van der Waals surface area contributed by atoms with Crippen molar-refractivity contribution in [2.75, 3.05) is 6.61 Å². The van der Waals surface area contributed by atoms with Gasteiger partial charge in [-0.1, -0.05) is 6.42 Å². The van der Waals surface area contributed by atoms with Gasteiger partial charge in [-0.3, -0.25) is 9.11 Å². The second kappa shape index (κ2) is 5.67. The van der Waals surface area contributed by atoms with E-state index in [0.29, 0.717) is 0 Å². The van der Waals surface area contributed by atoms with Gasteiger partial charge in [-0.05, 0) is 12.5 Å². The third kappa shape index (κ3) is 17.8. The first-order valence-electron chi connectivity index (χ1n) is 3.28. The lowest BCUT2D eigenvalue weighted by atomic mass is 10.4. The van der Waals surface area contributed by atoms with Crippen molar-refractivity contribution >= 4 is 20.2 Å². The topological polar surface area (TPSA) is 83.8 Å². The maximum Gasteiger partial charge on any atom is 0.394 e. The van der Waals surface area contributed by atoms with E-state index >= 15 is 0 Å². The molecule has 11 heavy (non-hydrogen) atoms. The quantitative estimate of drug-likeness (QED) is 0.412. The molecule has 68 valence electrons. The summed E-state index contributed by atoms with van der Waals surface area (Å²) in [5.74, 6) is 0. The smallest absolute Gasteiger partial charge is 0.394 e. The zero-order chi connectivity index (χ0) is 8.74. The van der Waals surface area contributed by atoms with Crippen molar-refractivity contribution < 1.29 is 21.9 Å². The zero-order valence-corrected chi connectivity index (χ0v) is 8.29. The van der Waals surface area contributed by atoms with E-state index in [2.05, 4.69) is 0 Å². The highest BCUT2D eigenvalue weighted by Crippen LogP contribution is 2.01. The Balaban J connectivity index is 0.000000187. The minimum Gasteiger partial charge on any atom is -0.424 e. The van der Waals surface area contributed by atoms with E-state index in [-0.39, 0.29) is 9.76 Å². The first-order chi connectivity index (χ1) is 5.00. The summed E-state index contributed by atoms with van der Waals surface area (Å²) in [5, 5.41) is 0. The molecule has 0 aromatic carbocycles. The zero-order valence-electron chi connectivity index (χ0n) is 6.06. The lowest BCUT2D eigenvalue weighted by molar-refractivity contribution is 0.304. The standard InChI is InChI=1S/C4H10OSi.H2O4S/c1-2-4-6-5-3-1;1-5(2,3)4/h1-4,6H2;(H2,1,2,3,4). The van der Waals surface area contributed by atoms with Gasteiger partial charge in [-0.25, -0.2) is 0 Å². The average Bonchev–Trinajstić information content (AvgIpc) is 1.88. The van der Waals surface area contributed by atoms with Crippen LogP contribution in [0.4, 0.5) is 0 Å². The molecule has 1 rings (SSSR count). The maximum absolute atomic E-state index is 8.74. The van der Waals surface area contributed by atoms with Gasteiger partial charge in [-0.15, -0.1) is 0 Å². The van der Waals surface area contributed by atoms with E-state index in [0.717, 1.165) is 6.61 Å². The summed E-state index contributed by atoms with van der Waals surface area (Å²) in [7, 11) is -4.66. The average molecular weight is 200 g/mol. The molecule has 0 aromatic rings. The van der Waals surface area contributed by atoms with E-state index in [1.165, 1.54) is 18.9 Å². The third-order valence-corrected chi connectivity index (χ3v) is 2.44. The van der Waals surface area contributed by atoms with E-state index in [1.54, 1.807) is 0 Å². The Morgan fingerprint density at radius 2 is 1.82 bits per heavy atom. The molecule has 1 heterocycles.